The van der Waals surface area contributed by atoms with Gasteiger partial charge in [-0.25, -0.2) is 17.6 Å². The largest absolute Gasteiger partial charge is 0.322 e. The topological polar surface area (TPSA) is 52.0 Å². The van der Waals surface area contributed by atoms with Crippen LogP contribution >= 0.6 is 23.2 Å². The highest BCUT2D eigenvalue weighted by molar-refractivity contribution is 6.32. The molecule has 0 amide bonds. The second-order valence-corrected chi connectivity index (χ2v) is 5.43. The van der Waals surface area contributed by atoms with Crippen LogP contribution < -0.4 is 11.5 Å². The molecule has 2 atom stereocenters. The van der Waals surface area contributed by atoms with Crippen molar-refractivity contribution >= 4 is 23.2 Å². The molecule has 0 aromatic heterocycles. The Labute approximate surface area is 133 Å². The van der Waals surface area contributed by atoms with Crippen LogP contribution in [0.2, 0.25) is 10.0 Å². The van der Waals surface area contributed by atoms with Crippen molar-refractivity contribution in [3.05, 3.63) is 68.7 Å². The maximum Gasteiger partial charge on any atom is 0.132 e. The summed E-state index contributed by atoms with van der Waals surface area (Å²) >= 11 is 11.5. The number of halogens is 6. The van der Waals surface area contributed by atoms with E-state index in [0.717, 1.165) is 12.1 Å². The molecule has 118 valence electrons. The van der Waals surface area contributed by atoms with Gasteiger partial charge in [-0.1, -0.05) is 23.2 Å². The Morgan fingerprint density at radius 2 is 1.00 bits per heavy atom. The third-order valence-electron chi connectivity index (χ3n) is 3.14. The Balaban J connectivity index is 2.49. The molecule has 0 radical (unpaired) electrons. The van der Waals surface area contributed by atoms with Gasteiger partial charge in [-0.05, 0) is 12.1 Å². The molecule has 0 saturated heterocycles. The van der Waals surface area contributed by atoms with Gasteiger partial charge in [0.15, 0.2) is 0 Å². The van der Waals surface area contributed by atoms with Crippen molar-refractivity contribution in [1.29, 1.82) is 0 Å². The van der Waals surface area contributed by atoms with Gasteiger partial charge in [-0.3, -0.25) is 0 Å². The van der Waals surface area contributed by atoms with E-state index in [1.165, 1.54) is 0 Å². The van der Waals surface area contributed by atoms with Crippen molar-refractivity contribution in [3.8, 4) is 0 Å². The summed E-state index contributed by atoms with van der Waals surface area (Å²) in [7, 11) is 0. The molecule has 0 aliphatic rings. The summed E-state index contributed by atoms with van der Waals surface area (Å²) < 4.78 is 53.8. The zero-order valence-corrected chi connectivity index (χ0v) is 12.4. The first-order valence-corrected chi connectivity index (χ1v) is 6.78. The second kappa shape index (κ2) is 6.42. The SMILES string of the molecule is NC(c1c(F)cc(F)cc1Cl)C(N)c1c(F)cc(F)cc1Cl. The fourth-order valence-electron chi connectivity index (χ4n) is 2.10. The summed E-state index contributed by atoms with van der Waals surface area (Å²) in [6.07, 6.45) is 0. The summed E-state index contributed by atoms with van der Waals surface area (Å²) in [5, 5.41) is -0.585. The van der Waals surface area contributed by atoms with Crippen LogP contribution in [-0.2, 0) is 0 Å². The number of hydrogen-bond donors (Lipinski definition) is 2. The third kappa shape index (κ3) is 3.20. The van der Waals surface area contributed by atoms with E-state index in [4.69, 9.17) is 34.7 Å². The summed E-state index contributed by atoms with van der Waals surface area (Å²) in [6.45, 7) is 0. The van der Waals surface area contributed by atoms with E-state index in [1.807, 2.05) is 0 Å². The van der Waals surface area contributed by atoms with Gasteiger partial charge in [-0.2, -0.15) is 0 Å². The monoisotopic (exact) mass is 352 g/mol. The van der Waals surface area contributed by atoms with Gasteiger partial charge in [-0.15, -0.1) is 0 Å². The standard InChI is InChI=1S/C14H10Cl2F4N2/c15-7-1-5(17)3-9(19)11(7)13(21)14(22)12-8(16)2-6(18)4-10(12)20/h1-4,13-14H,21-22H2. The Morgan fingerprint density at radius 3 is 1.27 bits per heavy atom. The zero-order chi connectivity index (χ0) is 16.6. The van der Waals surface area contributed by atoms with E-state index in [2.05, 4.69) is 0 Å². The minimum Gasteiger partial charge on any atom is -0.322 e. The predicted octanol–water partition coefficient (Wildman–Crippen LogP) is 4.25. The molecule has 0 bridgehead atoms. The van der Waals surface area contributed by atoms with Crippen molar-refractivity contribution < 1.29 is 17.6 Å². The van der Waals surface area contributed by atoms with Gasteiger partial charge in [0.2, 0.25) is 0 Å². The van der Waals surface area contributed by atoms with Crippen LogP contribution in [0.3, 0.4) is 0 Å². The first-order chi connectivity index (χ1) is 10.2. The van der Waals surface area contributed by atoms with Crippen LogP contribution in [-0.4, -0.2) is 0 Å². The van der Waals surface area contributed by atoms with Crippen LogP contribution in [0.1, 0.15) is 23.2 Å². The van der Waals surface area contributed by atoms with E-state index in [9.17, 15) is 17.6 Å². The Hall–Kier alpha value is -1.34. The van der Waals surface area contributed by atoms with Crippen molar-refractivity contribution in [2.75, 3.05) is 0 Å². The summed E-state index contributed by atoms with van der Waals surface area (Å²) in [5.74, 6) is -3.82. The molecule has 8 heteroatoms. The Kier molecular flexibility index (Phi) is 4.97. The molecule has 2 aromatic carbocycles. The van der Waals surface area contributed by atoms with Crippen LogP contribution in [0.5, 0.6) is 0 Å². The summed E-state index contributed by atoms with van der Waals surface area (Å²) in [4.78, 5) is 0. The molecule has 4 N–H and O–H groups in total. The van der Waals surface area contributed by atoms with E-state index >= 15 is 0 Å². The molecule has 0 fully saturated rings. The molecule has 2 aromatic rings. The third-order valence-corrected chi connectivity index (χ3v) is 3.77. The van der Waals surface area contributed by atoms with Gasteiger partial charge >= 0.3 is 0 Å². The lowest BCUT2D eigenvalue weighted by Crippen LogP contribution is -2.29. The van der Waals surface area contributed by atoms with Crippen molar-refractivity contribution in [1.82, 2.24) is 0 Å². The quantitative estimate of drug-likeness (QED) is 0.811. The number of rotatable bonds is 3. The van der Waals surface area contributed by atoms with Gasteiger partial charge in [0.1, 0.15) is 23.3 Å². The smallest absolute Gasteiger partial charge is 0.132 e. The van der Waals surface area contributed by atoms with Gasteiger partial charge < -0.3 is 11.5 Å². The van der Waals surface area contributed by atoms with Crippen molar-refractivity contribution in [2.24, 2.45) is 11.5 Å². The van der Waals surface area contributed by atoms with E-state index < -0.39 is 35.4 Å². The normalized spacial score (nSPS) is 14.0. The molecule has 0 heterocycles. The first-order valence-electron chi connectivity index (χ1n) is 6.02. The zero-order valence-electron chi connectivity index (χ0n) is 10.9. The molecule has 22 heavy (non-hydrogen) atoms. The molecule has 2 unspecified atom stereocenters. The fourth-order valence-corrected chi connectivity index (χ4v) is 2.74. The predicted molar refractivity (Wildman–Crippen MR) is 76.6 cm³/mol. The molecule has 2 rings (SSSR count). The van der Waals surface area contributed by atoms with E-state index in [-0.39, 0.29) is 21.2 Å². The maximum absolute atomic E-state index is 13.9. The molecule has 0 spiro atoms. The second-order valence-electron chi connectivity index (χ2n) is 4.62. The Bertz CT molecular complexity index is 616. The number of nitrogens with two attached hydrogens (primary N) is 2. The lowest BCUT2D eigenvalue weighted by Gasteiger charge is -2.23. The Morgan fingerprint density at radius 1 is 0.682 bits per heavy atom. The minimum absolute atomic E-state index is 0.282. The highest BCUT2D eigenvalue weighted by atomic mass is 35.5. The van der Waals surface area contributed by atoms with Crippen molar-refractivity contribution in [2.45, 2.75) is 12.1 Å². The molecular formula is C14H10Cl2F4N2. The molecule has 0 saturated carbocycles. The average molecular weight is 353 g/mol. The highest BCUT2D eigenvalue weighted by Crippen LogP contribution is 2.36. The van der Waals surface area contributed by atoms with Crippen LogP contribution in [0.15, 0.2) is 24.3 Å². The lowest BCUT2D eigenvalue weighted by atomic mass is 9.94. The number of hydrogen-bond acceptors (Lipinski definition) is 2. The van der Waals surface area contributed by atoms with E-state index in [1.54, 1.807) is 0 Å². The molecule has 0 aliphatic carbocycles. The fraction of sp³-hybridized carbons (Fsp3) is 0.143. The van der Waals surface area contributed by atoms with E-state index in [0.29, 0.717) is 12.1 Å². The average Bonchev–Trinajstić information content (AvgIpc) is 2.35. The molecule has 2 nitrogen and oxygen atoms in total. The van der Waals surface area contributed by atoms with Crippen LogP contribution in [0.4, 0.5) is 17.6 Å². The summed E-state index contributed by atoms with van der Waals surface area (Å²) in [5.41, 5.74) is 11.1. The van der Waals surface area contributed by atoms with Crippen LogP contribution in [0.25, 0.3) is 0 Å². The van der Waals surface area contributed by atoms with Gasteiger partial charge in [0.25, 0.3) is 0 Å². The molecular weight excluding hydrogens is 343 g/mol. The van der Waals surface area contributed by atoms with Crippen LogP contribution in [0, 0.1) is 23.3 Å². The minimum atomic E-state index is -1.31. The number of benzene rings is 2. The van der Waals surface area contributed by atoms with Gasteiger partial charge in [0.05, 0.1) is 22.1 Å². The summed E-state index contributed by atoms with van der Waals surface area (Å²) in [6, 6.07) is 0.244. The molecule has 0 aliphatic heterocycles. The van der Waals surface area contributed by atoms with Gasteiger partial charge in [0, 0.05) is 23.3 Å². The first kappa shape index (κ1) is 17.0. The maximum atomic E-state index is 13.9. The lowest BCUT2D eigenvalue weighted by molar-refractivity contribution is 0.492. The highest BCUT2D eigenvalue weighted by Gasteiger charge is 2.27. The van der Waals surface area contributed by atoms with Crippen molar-refractivity contribution in [3.63, 3.8) is 0 Å².